The molecule has 0 amide bonds. The Labute approximate surface area is 72.4 Å². The minimum atomic E-state index is 1.25. The fourth-order valence-electron chi connectivity index (χ4n) is 1.01. The van der Waals surface area contributed by atoms with Gasteiger partial charge in [0.1, 0.15) is 0 Å². The van der Waals surface area contributed by atoms with Crippen LogP contribution in [0.25, 0.3) is 0 Å². The number of piperidine rings is 1. The molecular formula is C8H14N4. The Kier molecular flexibility index (Phi) is 5.03. The van der Waals surface area contributed by atoms with Crippen molar-refractivity contribution in [1.82, 2.24) is 20.7 Å². The van der Waals surface area contributed by atoms with Gasteiger partial charge >= 0.3 is 0 Å². The first-order chi connectivity index (χ1) is 6.00. The largest absolute Gasteiger partial charge is 0.317 e. The summed E-state index contributed by atoms with van der Waals surface area (Å²) in [4.78, 5) is 0. The maximum Gasteiger partial charge on any atom is 0.0529 e. The van der Waals surface area contributed by atoms with Gasteiger partial charge in [-0.3, -0.25) is 0 Å². The van der Waals surface area contributed by atoms with E-state index in [1.807, 2.05) is 0 Å². The van der Waals surface area contributed by atoms with Gasteiger partial charge in [-0.1, -0.05) is 6.42 Å². The van der Waals surface area contributed by atoms with Crippen LogP contribution >= 0.6 is 0 Å². The van der Waals surface area contributed by atoms with Gasteiger partial charge in [-0.15, -0.1) is 10.2 Å². The second kappa shape index (κ2) is 6.67. The lowest BCUT2D eigenvalue weighted by atomic mass is 10.2. The van der Waals surface area contributed by atoms with E-state index in [1.165, 1.54) is 32.4 Å². The van der Waals surface area contributed by atoms with E-state index in [9.17, 15) is 0 Å². The molecule has 0 radical (unpaired) electrons. The molecule has 1 aliphatic heterocycles. The van der Waals surface area contributed by atoms with Gasteiger partial charge in [0.05, 0.1) is 12.4 Å². The summed E-state index contributed by atoms with van der Waals surface area (Å²) < 4.78 is 0. The molecule has 0 bridgehead atoms. The molecule has 0 unspecified atom stereocenters. The molecule has 4 nitrogen and oxygen atoms in total. The Hall–Kier alpha value is -1.03. The molecule has 1 fully saturated rings. The van der Waals surface area contributed by atoms with Crippen molar-refractivity contribution in [1.29, 1.82) is 0 Å². The molecule has 1 N–H and O–H groups in total. The third kappa shape index (κ3) is 4.73. The standard InChI is InChI=1S/C5H11N.C3H3N3/c2*1-2-4-6-5-3-1/h6H,1-5H2;1-3H. The second-order valence-corrected chi connectivity index (χ2v) is 2.62. The molecule has 0 aliphatic carbocycles. The molecule has 0 atom stereocenters. The summed E-state index contributed by atoms with van der Waals surface area (Å²) in [5, 5.41) is 13.4. The summed E-state index contributed by atoms with van der Waals surface area (Å²) in [6.45, 7) is 2.50. The number of hydrogen-bond donors (Lipinski definition) is 1. The van der Waals surface area contributed by atoms with Crippen molar-refractivity contribution in [2.75, 3.05) is 13.1 Å². The van der Waals surface area contributed by atoms with E-state index < -0.39 is 0 Å². The molecule has 66 valence electrons. The molecule has 1 aliphatic rings. The van der Waals surface area contributed by atoms with Crippen molar-refractivity contribution in [2.24, 2.45) is 0 Å². The van der Waals surface area contributed by atoms with Crippen molar-refractivity contribution in [2.45, 2.75) is 19.3 Å². The summed E-state index contributed by atoms with van der Waals surface area (Å²) in [5.41, 5.74) is 0. The van der Waals surface area contributed by atoms with E-state index in [1.54, 1.807) is 18.5 Å². The Morgan fingerprint density at radius 2 is 1.58 bits per heavy atom. The van der Waals surface area contributed by atoms with E-state index in [0.717, 1.165) is 0 Å². The van der Waals surface area contributed by atoms with Crippen molar-refractivity contribution >= 4 is 0 Å². The zero-order chi connectivity index (χ0) is 8.49. The summed E-state index contributed by atoms with van der Waals surface area (Å²) >= 11 is 0. The zero-order valence-electron chi connectivity index (χ0n) is 7.11. The molecule has 2 rings (SSSR count). The molecule has 1 aromatic heterocycles. The van der Waals surface area contributed by atoms with Crippen LogP contribution in [0.5, 0.6) is 0 Å². The Balaban J connectivity index is 0.000000120. The number of hydrogen-bond acceptors (Lipinski definition) is 4. The predicted molar refractivity (Wildman–Crippen MR) is 46.5 cm³/mol. The van der Waals surface area contributed by atoms with Gasteiger partial charge in [0.15, 0.2) is 0 Å². The first kappa shape index (κ1) is 9.06. The van der Waals surface area contributed by atoms with Crippen molar-refractivity contribution < 1.29 is 0 Å². The fraction of sp³-hybridized carbons (Fsp3) is 0.625. The zero-order valence-corrected chi connectivity index (χ0v) is 7.11. The minimum Gasteiger partial charge on any atom is -0.317 e. The average molecular weight is 166 g/mol. The number of nitrogens with zero attached hydrogens (tertiary/aromatic N) is 3. The van der Waals surface area contributed by atoms with Crippen LogP contribution in [0, 0.1) is 0 Å². The van der Waals surface area contributed by atoms with E-state index >= 15 is 0 Å². The third-order valence-electron chi connectivity index (χ3n) is 1.62. The molecule has 0 spiro atoms. The van der Waals surface area contributed by atoms with E-state index in [4.69, 9.17) is 0 Å². The fourth-order valence-corrected chi connectivity index (χ4v) is 1.01. The first-order valence-corrected chi connectivity index (χ1v) is 4.29. The van der Waals surface area contributed by atoms with E-state index in [2.05, 4.69) is 20.7 Å². The van der Waals surface area contributed by atoms with Crippen LogP contribution in [-0.4, -0.2) is 28.5 Å². The van der Waals surface area contributed by atoms with Gasteiger partial charge in [0.25, 0.3) is 0 Å². The maximum absolute atomic E-state index is 3.42. The molecular weight excluding hydrogens is 152 g/mol. The second-order valence-electron chi connectivity index (χ2n) is 2.62. The lowest BCUT2D eigenvalue weighted by Crippen LogP contribution is -2.21. The monoisotopic (exact) mass is 166 g/mol. The molecule has 1 aromatic rings. The SMILES string of the molecule is C1CCNCC1.c1cnnnc1. The van der Waals surface area contributed by atoms with Crippen LogP contribution in [0.2, 0.25) is 0 Å². The molecule has 1 saturated heterocycles. The van der Waals surface area contributed by atoms with Crippen LogP contribution in [0.4, 0.5) is 0 Å². The Bertz CT molecular complexity index is 135. The molecule has 4 heteroatoms. The highest BCUT2D eigenvalue weighted by atomic mass is 15.3. The average Bonchev–Trinajstić information content (AvgIpc) is 2.24. The van der Waals surface area contributed by atoms with Gasteiger partial charge in [-0.2, -0.15) is 0 Å². The molecule has 2 heterocycles. The summed E-state index contributed by atoms with van der Waals surface area (Å²) in [6.07, 6.45) is 7.37. The van der Waals surface area contributed by atoms with Crippen LogP contribution in [-0.2, 0) is 0 Å². The Morgan fingerprint density at radius 1 is 0.917 bits per heavy atom. The highest BCUT2D eigenvalue weighted by Gasteiger charge is 1.93. The molecule has 0 aromatic carbocycles. The Morgan fingerprint density at radius 3 is 1.75 bits per heavy atom. The smallest absolute Gasteiger partial charge is 0.0529 e. The van der Waals surface area contributed by atoms with E-state index in [0.29, 0.717) is 0 Å². The van der Waals surface area contributed by atoms with Crippen LogP contribution in [0.15, 0.2) is 18.5 Å². The summed E-state index contributed by atoms with van der Waals surface area (Å²) in [6, 6.07) is 1.72. The van der Waals surface area contributed by atoms with Crippen LogP contribution in [0.1, 0.15) is 19.3 Å². The normalized spacial score (nSPS) is 16.0. The van der Waals surface area contributed by atoms with Crippen LogP contribution in [0.3, 0.4) is 0 Å². The quantitative estimate of drug-likeness (QED) is 0.614. The highest BCUT2D eigenvalue weighted by molar-refractivity contribution is 4.69. The number of nitrogens with one attached hydrogen (secondary N) is 1. The van der Waals surface area contributed by atoms with Crippen molar-refractivity contribution in [3.8, 4) is 0 Å². The highest BCUT2D eigenvalue weighted by Crippen LogP contribution is 1.96. The predicted octanol–water partition coefficient (Wildman–Crippen LogP) is 0.631. The van der Waals surface area contributed by atoms with Crippen molar-refractivity contribution in [3.63, 3.8) is 0 Å². The van der Waals surface area contributed by atoms with Crippen LogP contribution < -0.4 is 5.32 Å². The third-order valence-corrected chi connectivity index (χ3v) is 1.62. The number of aromatic nitrogens is 3. The van der Waals surface area contributed by atoms with Gasteiger partial charge in [0.2, 0.25) is 0 Å². The lowest BCUT2D eigenvalue weighted by molar-refractivity contribution is 0.520. The topological polar surface area (TPSA) is 50.7 Å². The van der Waals surface area contributed by atoms with Gasteiger partial charge in [-0.25, -0.2) is 0 Å². The van der Waals surface area contributed by atoms with Gasteiger partial charge in [-0.05, 0) is 37.2 Å². The van der Waals surface area contributed by atoms with Crippen molar-refractivity contribution in [3.05, 3.63) is 18.5 Å². The van der Waals surface area contributed by atoms with Gasteiger partial charge in [0, 0.05) is 0 Å². The minimum absolute atomic E-state index is 1.25. The van der Waals surface area contributed by atoms with E-state index in [-0.39, 0.29) is 0 Å². The molecule has 12 heavy (non-hydrogen) atoms. The maximum atomic E-state index is 3.42. The lowest BCUT2D eigenvalue weighted by Gasteiger charge is -2.08. The first-order valence-electron chi connectivity index (χ1n) is 4.29. The van der Waals surface area contributed by atoms with Gasteiger partial charge < -0.3 is 5.32 Å². The number of rotatable bonds is 0. The molecule has 0 saturated carbocycles. The summed E-state index contributed by atoms with van der Waals surface area (Å²) in [7, 11) is 0. The summed E-state index contributed by atoms with van der Waals surface area (Å²) in [5.74, 6) is 0.